The van der Waals surface area contributed by atoms with Gasteiger partial charge in [-0.2, -0.15) is 18.3 Å². The summed E-state index contributed by atoms with van der Waals surface area (Å²) >= 11 is 14.4. The number of halogens is 5. The number of thiophene rings is 1. The third-order valence-corrected chi connectivity index (χ3v) is 10.0. The van der Waals surface area contributed by atoms with Gasteiger partial charge in [0.05, 0.1) is 23.2 Å². The normalized spacial score (nSPS) is 14.9. The minimum Gasteiger partial charge on any atom is -0.487 e. The van der Waals surface area contributed by atoms with Crippen LogP contribution in [0.15, 0.2) is 55.0 Å². The molecule has 1 saturated heterocycles. The van der Waals surface area contributed by atoms with Crippen LogP contribution in [0.4, 0.5) is 24.7 Å². The first-order valence-corrected chi connectivity index (χ1v) is 17.0. The Labute approximate surface area is 294 Å². The van der Waals surface area contributed by atoms with Gasteiger partial charge >= 0.3 is 12.1 Å². The van der Waals surface area contributed by atoms with Crippen molar-refractivity contribution in [3.05, 3.63) is 81.9 Å². The number of rotatable bonds is 8. The molecule has 4 heterocycles. The molecule has 5 aromatic rings. The summed E-state index contributed by atoms with van der Waals surface area (Å²) in [6, 6.07) is 13.3. The highest BCUT2D eigenvalue weighted by molar-refractivity contribution is 7.22. The van der Waals surface area contributed by atoms with E-state index in [0.717, 1.165) is 79.4 Å². The van der Waals surface area contributed by atoms with Crippen LogP contribution in [0.5, 0.6) is 5.75 Å². The van der Waals surface area contributed by atoms with Crippen molar-refractivity contribution in [1.29, 1.82) is 0 Å². The first-order valence-electron chi connectivity index (χ1n) is 15.4. The van der Waals surface area contributed by atoms with E-state index in [2.05, 4.69) is 36.8 Å². The number of carboxylic acid groups (broad SMARTS) is 1. The Balaban J connectivity index is 0.000000540. The van der Waals surface area contributed by atoms with Crippen LogP contribution in [-0.4, -0.2) is 86.6 Å². The second kappa shape index (κ2) is 14.9. The Bertz CT molecular complexity index is 1960. The van der Waals surface area contributed by atoms with E-state index in [9.17, 15) is 13.2 Å². The van der Waals surface area contributed by atoms with E-state index in [1.54, 1.807) is 17.7 Å². The molecule has 1 fully saturated rings. The number of carbonyl (C=O) groups is 1. The number of aromatic nitrogens is 4. The summed E-state index contributed by atoms with van der Waals surface area (Å²) in [5.74, 6) is -1.36. The number of piperazine rings is 1. The number of aryl methyl sites for hydroxylation is 1. The van der Waals surface area contributed by atoms with Crippen LogP contribution in [0.3, 0.4) is 0 Å². The number of nitrogens with zero attached hydrogens (tertiary/aromatic N) is 6. The Morgan fingerprint density at radius 1 is 1.06 bits per heavy atom. The van der Waals surface area contributed by atoms with Crippen LogP contribution in [0, 0.1) is 0 Å². The summed E-state index contributed by atoms with van der Waals surface area (Å²) in [6.45, 7) is 6.85. The zero-order chi connectivity index (χ0) is 34.7. The molecule has 2 aliphatic rings. The fourth-order valence-electron chi connectivity index (χ4n) is 5.77. The topological polar surface area (TPSA) is 109 Å². The number of anilines is 2. The zero-order valence-corrected chi connectivity index (χ0v) is 28.6. The predicted octanol–water partition coefficient (Wildman–Crippen LogP) is 7.16. The van der Waals surface area contributed by atoms with Gasteiger partial charge in [-0.1, -0.05) is 35.3 Å². The van der Waals surface area contributed by atoms with Crippen molar-refractivity contribution in [3.8, 4) is 16.2 Å². The number of benzene rings is 2. The second-order valence-corrected chi connectivity index (χ2v) is 13.5. The fourth-order valence-corrected chi connectivity index (χ4v) is 7.44. The van der Waals surface area contributed by atoms with Crippen molar-refractivity contribution in [1.82, 2.24) is 29.5 Å². The van der Waals surface area contributed by atoms with Gasteiger partial charge in [0, 0.05) is 59.6 Å². The van der Waals surface area contributed by atoms with Gasteiger partial charge < -0.3 is 20.1 Å². The predicted molar refractivity (Wildman–Crippen MR) is 184 cm³/mol. The molecule has 258 valence electrons. The lowest BCUT2D eigenvalue weighted by atomic mass is 9.95. The molecule has 0 radical (unpaired) electrons. The average Bonchev–Trinajstić information content (AvgIpc) is 3.66. The van der Waals surface area contributed by atoms with Crippen LogP contribution in [0.2, 0.25) is 10.0 Å². The number of fused-ring (bicyclic) bond motifs is 5. The summed E-state index contributed by atoms with van der Waals surface area (Å²) in [5, 5.41) is 17.7. The average molecular weight is 735 g/mol. The first kappa shape index (κ1) is 34.9. The van der Waals surface area contributed by atoms with Gasteiger partial charge in [0.15, 0.2) is 0 Å². The molecule has 0 bridgehead atoms. The number of alkyl halides is 3. The minimum absolute atomic E-state index is 0.384. The molecule has 49 heavy (non-hydrogen) atoms. The van der Waals surface area contributed by atoms with Crippen molar-refractivity contribution < 1.29 is 27.8 Å². The number of aliphatic carboxylic acids is 1. The van der Waals surface area contributed by atoms with E-state index < -0.39 is 12.1 Å². The molecule has 0 amide bonds. The molecule has 3 aromatic heterocycles. The van der Waals surface area contributed by atoms with Gasteiger partial charge in [-0.05, 0) is 61.3 Å². The van der Waals surface area contributed by atoms with Crippen LogP contribution >= 0.6 is 34.5 Å². The number of hydrogen-bond donors (Lipinski definition) is 2. The molecule has 2 aromatic carbocycles. The molecule has 7 rings (SSSR count). The van der Waals surface area contributed by atoms with Crippen molar-refractivity contribution in [3.63, 3.8) is 0 Å². The Morgan fingerprint density at radius 3 is 2.55 bits per heavy atom. The highest BCUT2D eigenvalue weighted by Gasteiger charge is 2.38. The van der Waals surface area contributed by atoms with E-state index in [1.807, 2.05) is 48.7 Å². The van der Waals surface area contributed by atoms with Crippen molar-refractivity contribution >= 4 is 62.2 Å². The first-order chi connectivity index (χ1) is 23.5. The number of nitrogens with one attached hydrogen (secondary N) is 1. The molecule has 0 spiro atoms. The molecule has 0 atom stereocenters. The summed E-state index contributed by atoms with van der Waals surface area (Å²) < 4.78 is 39.9. The third-order valence-electron chi connectivity index (χ3n) is 8.34. The second-order valence-electron chi connectivity index (χ2n) is 11.7. The van der Waals surface area contributed by atoms with Crippen LogP contribution in [0.25, 0.3) is 20.7 Å². The maximum Gasteiger partial charge on any atom is 0.490 e. The van der Waals surface area contributed by atoms with Gasteiger partial charge in [0.2, 0.25) is 0 Å². The molecule has 0 saturated carbocycles. The van der Waals surface area contributed by atoms with Gasteiger partial charge in [-0.15, -0.1) is 11.3 Å². The molecule has 2 N–H and O–H groups in total. The summed E-state index contributed by atoms with van der Waals surface area (Å²) in [4.78, 5) is 25.3. The largest absolute Gasteiger partial charge is 0.490 e. The molecule has 16 heteroatoms. The van der Waals surface area contributed by atoms with E-state index in [-0.39, 0.29) is 0 Å². The standard InChI is InChI=1S/C31H31Cl2N7OS.C2HF3O2/c1-38-9-11-39(12-10-38)13-14-40-26-7-6-23-28-30(34-19-35-31(28)42-29(23)24(26)17-36-40)37-22-5-8-27(25(33)16-22)41-18-20-3-2-4-21(32)15-20;3-2(4,5)1(6)7/h2-5,8,15-17,19H,6-7,9-14,18H2,1H3,(H,34,35,37);(H,6,7). The summed E-state index contributed by atoms with van der Waals surface area (Å²) in [7, 11) is 2.19. The zero-order valence-electron chi connectivity index (χ0n) is 26.3. The Hall–Kier alpha value is -3.95. The number of ether oxygens (including phenoxy) is 1. The highest BCUT2D eigenvalue weighted by Crippen LogP contribution is 2.45. The summed E-state index contributed by atoms with van der Waals surface area (Å²) in [5.41, 5.74) is 5.66. The van der Waals surface area contributed by atoms with Crippen molar-refractivity contribution in [2.45, 2.75) is 32.2 Å². The number of likely N-dealkylation sites (N-methyl/N-ethyl adjacent to an activating group) is 1. The van der Waals surface area contributed by atoms with Gasteiger partial charge in [-0.25, -0.2) is 14.8 Å². The van der Waals surface area contributed by atoms with Crippen molar-refractivity contribution in [2.75, 3.05) is 45.1 Å². The highest BCUT2D eigenvalue weighted by atomic mass is 35.5. The molecular formula is C33H32Cl2F3N7O3S. The monoisotopic (exact) mass is 733 g/mol. The quantitative estimate of drug-likeness (QED) is 0.172. The number of carboxylic acids is 1. The lowest BCUT2D eigenvalue weighted by Gasteiger charge is -2.32. The van der Waals surface area contributed by atoms with Crippen LogP contribution in [0.1, 0.15) is 16.8 Å². The molecular weight excluding hydrogens is 702 g/mol. The van der Waals surface area contributed by atoms with Gasteiger partial charge in [-0.3, -0.25) is 9.58 Å². The maximum absolute atomic E-state index is 10.6. The van der Waals surface area contributed by atoms with E-state index in [4.69, 9.17) is 42.9 Å². The molecule has 1 aliphatic carbocycles. The molecule has 10 nitrogen and oxygen atoms in total. The summed E-state index contributed by atoms with van der Waals surface area (Å²) in [6.07, 6.45) is 0.462. The number of hydrogen-bond acceptors (Lipinski definition) is 9. The lowest BCUT2D eigenvalue weighted by Crippen LogP contribution is -2.45. The van der Waals surface area contributed by atoms with E-state index >= 15 is 0 Å². The molecule has 1 aliphatic heterocycles. The molecule has 0 unspecified atom stereocenters. The Morgan fingerprint density at radius 2 is 1.84 bits per heavy atom. The fraction of sp³-hybridized carbons (Fsp3) is 0.333. The smallest absolute Gasteiger partial charge is 0.487 e. The van der Waals surface area contributed by atoms with E-state index in [0.29, 0.717) is 22.4 Å². The minimum atomic E-state index is -5.08. The lowest BCUT2D eigenvalue weighted by molar-refractivity contribution is -0.192. The van der Waals surface area contributed by atoms with E-state index in [1.165, 1.54) is 21.7 Å². The third kappa shape index (κ3) is 8.27. The maximum atomic E-state index is 10.6. The van der Waals surface area contributed by atoms with Gasteiger partial charge in [0.25, 0.3) is 0 Å². The SMILES string of the molecule is CN1CCN(CCn2ncc3c2CCc2c-3sc3ncnc(Nc4ccc(OCc5cccc(Cl)c5)c(Cl)c4)c23)CC1.O=C(O)C(F)(F)F. The Kier molecular flexibility index (Phi) is 10.6. The van der Waals surface area contributed by atoms with Gasteiger partial charge in [0.1, 0.15) is 29.3 Å². The van der Waals surface area contributed by atoms with Crippen molar-refractivity contribution in [2.24, 2.45) is 0 Å². The van der Waals surface area contributed by atoms with Crippen LogP contribution in [-0.2, 0) is 30.8 Å². The van der Waals surface area contributed by atoms with Crippen LogP contribution < -0.4 is 10.1 Å².